The van der Waals surface area contributed by atoms with E-state index in [1.165, 1.54) is 0 Å². The molecule has 0 saturated heterocycles. The number of aromatic nitrogens is 2. The van der Waals surface area contributed by atoms with E-state index in [1.54, 1.807) is 6.92 Å². The number of fused-ring (bicyclic) bond motifs is 1. The molecule has 186 valence electrons. The second-order valence-electron chi connectivity index (χ2n) is 9.09. The Bertz CT molecular complexity index is 1420. The van der Waals surface area contributed by atoms with Crippen LogP contribution in [-0.2, 0) is 22.6 Å². The van der Waals surface area contributed by atoms with Gasteiger partial charge in [-0.2, -0.15) is 5.10 Å². The highest BCUT2D eigenvalue weighted by molar-refractivity contribution is 5.96. The molecule has 1 aromatic heterocycles. The maximum atomic E-state index is 12.1. The Balaban J connectivity index is 1.70. The molecule has 4 aromatic rings. The molecule has 4 rings (SSSR count). The van der Waals surface area contributed by atoms with Gasteiger partial charge < -0.3 is 15.2 Å². The molecule has 0 aliphatic carbocycles. The summed E-state index contributed by atoms with van der Waals surface area (Å²) in [6.45, 7) is 8.58. The molecule has 0 aliphatic heterocycles. The van der Waals surface area contributed by atoms with Gasteiger partial charge in [0.15, 0.2) is 0 Å². The number of aryl methyl sites for hydroxylation is 1. The fourth-order valence-electron chi connectivity index (χ4n) is 4.21. The number of benzene rings is 3. The molecule has 3 N–H and O–H groups in total. The predicted octanol–water partition coefficient (Wildman–Crippen LogP) is 5.56. The monoisotopic (exact) mass is 484 g/mol. The van der Waals surface area contributed by atoms with Crippen molar-refractivity contribution in [3.05, 3.63) is 83.0 Å². The van der Waals surface area contributed by atoms with E-state index in [1.807, 2.05) is 54.1 Å². The molecular weight excluding hydrogens is 452 g/mol. The van der Waals surface area contributed by atoms with Gasteiger partial charge in [0.05, 0.1) is 18.5 Å². The van der Waals surface area contributed by atoms with Gasteiger partial charge in [0.1, 0.15) is 23.9 Å². The van der Waals surface area contributed by atoms with Crippen molar-refractivity contribution >= 4 is 22.7 Å². The number of nitrogens with two attached hydrogens (primary N) is 1. The maximum Gasteiger partial charge on any atom is 0.310 e. The van der Waals surface area contributed by atoms with Gasteiger partial charge in [-0.3, -0.25) is 14.9 Å². The van der Waals surface area contributed by atoms with E-state index < -0.39 is 0 Å². The fourth-order valence-corrected chi connectivity index (χ4v) is 4.21. The quantitative estimate of drug-likeness (QED) is 0.184. The van der Waals surface area contributed by atoms with Gasteiger partial charge >= 0.3 is 5.97 Å². The lowest BCUT2D eigenvalue weighted by Gasteiger charge is -2.12. The number of hydrogen-bond donors (Lipinski definition) is 2. The molecule has 7 heteroatoms. The molecule has 0 fully saturated rings. The minimum Gasteiger partial charge on any atom is -0.487 e. The standard InChI is InChI=1S/C29H32N4O3/c1-5-35-28(34)16-22-10-9-19(4)13-27(22)36-17-25-24-15-21(11-12-26(24)33(32-25)18(2)3)20-7-6-8-23(14-20)29(30)31/h6-15,18H,5,16-17H2,1-4H3,(H3,30,31). The topological polar surface area (TPSA) is 103 Å². The van der Waals surface area contributed by atoms with Gasteiger partial charge in [0, 0.05) is 22.6 Å². The summed E-state index contributed by atoms with van der Waals surface area (Å²) in [6.07, 6.45) is 0.154. The lowest BCUT2D eigenvalue weighted by atomic mass is 10.0. The smallest absolute Gasteiger partial charge is 0.310 e. The first-order valence-electron chi connectivity index (χ1n) is 12.1. The van der Waals surface area contributed by atoms with Crippen LogP contribution in [0, 0.1) is 12.3 Å². The molecule has 0 aliphatic rings. The van der Waals surface area contributed by atoms with E-state index in [0.717, 1.165) is 38.9 Å². The number of nitrogen functional groups attached to an aromatic ring is 1. The Labute approximate surface area is 211 Å². The van der Waals surface area contributed by atoms with Crippen LogP contribution in [0.5, 0.6) is 5.75 Å². The third-order valence-corrected chi connectivity index (χ3v) is 6.01. The van der Waals surface area contributed by atoms with E-state index in [2.05, 4.69) is 32.0 Å². The predicted molar refractivity (Wildman–Crippen MR) is 142 cm³/mol. The number of carbonyl (C=O) groups is 1. The molecule has 36 heavy (non-hydrogen) atoms. The van der Waals surface area contributed by atoms with Crippen LogP contribution in [0.25, 0.3) is 22.0 Å². The first kappa shape index (κ1) is 25.0. The molecule has 7 nitrogen and oxygen atoms in total. The third kappa shape index (κ3) is 5.40. The van der Waals surface area contributed by atoms with Crippen molar-refractivity contribution in [2.24, 2.45) is 5.73 Å². The summed E-state index contributed by atoms with van der Waals surface area (Å²) in [4.78, 5) is 12.1. The summed E-state index contributed by atoms with van der Waals surface area (Å²) >= 11 is 0. The molecule has 1 heterocycles. The Hall–Kier alpha value is -4.13. The average molecular weight is 485 g/mol. The molecular formula is C29H32N4O3. The molecule has 0 spiro atoms. The van der Waals surface area contributed by atoms with Gasteiger partial charge in [0.2, 0.25) is 0 Å². The van der Waals surface area contributed by atoms with Crippen molar-refractivity contribution in [3.8, 4) is 16.9 Å². The highest BCUT2D eigenvalue weighted by Gasteiger charge is 2.16. The Morgan fingerprint density at radius 3 is 2.58 bits per heavy atom. The maximum absolute atomic E-state index is 12.1. The van der Waals surface area contributed by atoms with Gasteiger partial charge in [-0.1, -0.05) is 36.4 Å². The number of ether oxygens (including phenoxy) is 2. The van der Waals surface area contributed by atoms with Crippen LogP contribution < -0.4 is 10.5 Å². The van der Waals surface area contributed by atoms with E-state index in [4.69, 9.17) is 25.7 Å². The first-order valence-corrected chi connectivity index (χ1v) is 12.1. The summed E-state index contributed by atoms with van der Waals surface area (Å²) in [7, 11) is 0. The molecule has 0 bridgehead atoms. The minimum atomic E-state index is -0.279. The molecule has 0 radical (unpaired) electrons. The number of nitrogens with one attached hydrogen (secondary N) is 1. The fraction of sp³-hybridized carbons (Fsp3) is 0.276. The Morgan fingerprint density at radius 1 is 1.08 bits per heavy atom. The summed E-state index contributed by atoms with van der Waals surface area (Å²) in [5, 5.41) is 13.6. The SMILES string of the molecule is CCOC(=O)Cc1ccc(C)cc1OCc1nn(C(C)C)c2ccc(-c3cccc(C(=N)N)c3)cc12. The van der Waals surface area contributed by atoms with Crippen molar-refractivity contribution in [1.82, 2.24) is 9.78 Å². The number of carbonyl (C=O) groups excluding carboxylic acids is 1. The van der Waals surface area contributed by atoms with Crippen molar-refractivity contribution in [2.45, 2.75) is 46.8 Å². The third-order valence-electron chi connectivity index (χ3n) is 6.01. The zero-order valence-electron chi connectivity index (χ0n) is 21.2. The molecule has 0 unspecified atom stereocenters. The normalized spacial score (nSPS) is 11.1. The average Bonchev–Trinajstić information content (AvgIpc) is 3.22. The lowest BCUT2D eigenvalue weighted by molar-refractivity contribution is -0.142. The van der Waals surface area contributed by atoms with E-state index >= 15 is 0 Å². The lowest BCUT2D eigenvalue weighted by Crippen LogP contribution is -2.10. The molecule has 0 amide bonds. The van der Waals surface area contributed by atoms with Crippen molar-refractivity contribution in [1.29, 1.82) is 5.41 Å². The van der Waals surface area contributed by atoms with Gasteiger partial charge in [-0.25, -0.2) is 0 Å². The van der Waals surface area contributed by atoms with E-state index in [0.29, 0.717) is 17.9 Å². The van der Waals surface area contributed by atoms with Crippen LogP contribution in [0.1, 0.15) is 49.2 Å². The zero-order valence-corrected chi connectivity index (χ0v) is 21.2. The van der Waals surface area contributed by atoms with E-state index in [-0.39, 0.29) is 30.9 Å². The number of nitrogens with zero attached hydrogens (tertiary/aromatic N) is 2. The van der Waals surface area contributed by atoms with Crippen LogP contribution in [0.4, 0.5) is 0 Å². The van der Waals surface area contributed by atoms with Crippen LogP contribution in [-0.4, -0.2) is 28.2 Å². The number of esters is 1. The summed E-state index contributed by atoms with van der Waals surface area (Å²) < 4.78 is 13.4. The van der Waals surface area contributed by atoms with Crippen LogP contribution in [0.2, 0.25) is 0 Å². The summed E-state index contributed by atoms with van der Waals surface area (Å²) in [5.74, 6) is 0.412. The van der Waals surface area contributed by atoms with Crippen LogP contribution >= 0.6 is 0 Å². The Kier molecular flexibility index (Phi) is 7.38. The highest BCUT2D eigenvalue weighted by Crippen LogP contribution is 2.30. The number of hydrogen-bond acceptors (Lipinski definition) is 5. The minimum absolute atomic E-state index is 0.0384. The number of rotatable bonds is 9. The van der Waals surface area contributed by atoms with Crippen LogP contribution in [0.3, 0.4) is 0 Å². The van der Waals surface area contributed by atoms with Crippen molar-refractivity contribution in [2.75, 3.05) is 6.61 Å². The molecule has 0 atom stereocenters. The van der Waals surface area contributed by atoms with Crippen LogP contribution in [0.15, 0.2) is 60.7 Å². The molecule has 3 aromatic carbocycles. The highest BCUT2D eigenvalue weighted by atomic mass is 16.5. The van der Waals surface area contributed by atoms with Crippen molar-refractivity contribution < 1.29 is 14.3 Å². The van der Waals surface area contributed by atoms with Gasteiger partial charge in [0.25, 0.3) is 0 Å². The Morgan fingerprint density at radius 2 is 1.86 bits per heavy atom. The van der Waals surface area contributed by atoms with Gasteiger partial charge in [-0.05, 0) is 68.7 Å². The molecule has 0 saturated carbocycles. The number of amidine groups is 1. The first-order chi connectivity index (χ1) is 17.3. The summed E-state index contributed by atoms with van der Waals surface area (Å²) in [6, 6.07) is 19.9. The zero-order chi connectivity index (χ0) is 25.8. The summed E-state index contributed by atoms with van der Waals surface area (Å²) in [5.41, 5.74) is 12.0. The largest absolute Gasteiger partial charge is 0.487 e. The second-order valence-corrected chi connectivity index (χ2v) is 9.09. The van der Waals surface area contributed by atoms with E-state index in [9.17, 15) is 4.79 Å². The van der Waals surface area contributed by atoms with Crippen molar-refractivity contribution in [3.63, 3.8) is 0 Å². The van der Waals surface area contributed by atoms with Gasteiger partial charge in [-0.15, -0.1) is 0 Å². The second kappa shape index (κ2) is 10.6.